The molecule has 0 aliphatic rings. The van der Waals surface area contributed by atoms with Crippen molar-refractivity contribution in [3.8, 4) is 0 Å². The second kappa shape index (κ2) is 3.62. The average molecular weight is 232 g/mol. The number of halogens is 1. The Morgan fingerprint density at radius 2 is 2.24 bits per heavy atom. The van der Waals surface area contributed by atoms with Gasteiger partial charge in [0.2, 0.25) is 0 Å². The smallest absolute Gasteiger partial charge is 0.326 e. The highest BCUT2D eigenvalue weighted by Gasteiger charge is 2.08. The molecule has 17 heavy (non-hydrogen) atoms. The summed E-state index contributed by atoms with van der Waals surface area (Å²) in [5.74, 6) is 0.307. The minimum Gasteiger partial charge on any atom is -0.467 e. The molecule has 0 unspecified atom stereocenters. The first-order valence-corrected chi connectivity index (χ1v) is 5.14. The Morgan fingerprint density at radius 3 is 3.00 bits per heavy atom. The van der Waals surface area contributed by atoms with E-state index in [1.807, 2.05) is 0 Å². The first-order valence-electron chi connectivity index (χ1n) is 5.14. The van der Waals surface area contributed by atoms with Gasteiger partial charge in [-0.25, -0.2) is 9.18 Å². The number of nitrogens with zero attached hydrogens (tertiary/aromatic N) is 1. The topological polar surface area (TPSA) is 50.9 Å². The minimum absolute atomic E-state index is 0.276. The summed E-state index contributed by atoms with van der Waals surface area (Å²) in [7, 11) is 0. The zero-order chi connectivity index (χ0) is 11.8. The molecule has 3 aromatic rings. The zero-order valence-electron chi connectivity index (χ0n) is 8.81. The number of furan rings is 1. The molecule has 0 amide bonds. The highest BCUT2D eigenvalue weighted by Crippen LogP contribution is 2.13. The van der Waals surface area contributed by atoms with E-state index >= 15 is 0 Å². The van der Waals surface area contributed by atoms with E-state index in [0.717, 1.165) is 0 Å². The lowest BCUT2D eigenvalue weighted by Gasteiger charge is -1.99. The van der Waals surface area contributed by atoms with Crippen LogP contribution in [0.2, 0.25) is 0 Å². The predicted octanol–water partition coefficient (Wildman–Crippen LogP) is 2.11. The monoisotopic (exact) mass is 232 g/mol. The first kappa shape index (κ1) is 9.89. The Morgan fingerprint density at radius 1 is 1.35 bits per heavy atom. The molecule has 5 heteroatoms. The molecule has 0 saturated heterocycles. The Kier molecular flexibility index (Phi) is 2.11. The summed E-state index contributed by atoms with van der Waals surface area (Å²) in [5, 5.41) is 0. The summed E-state index contributed by atoms with van der Waals surface area (Å²) >= 11 is 0. The number of nitrogens with one attached hydrogen (secondary N) is 1. The van der Waals surface area contributed by atoms with E-state index in [9.17, 15) is 9.18 Å². The Hall–Kier alpha value is -2.30. The fourth-order valence-electron chi connectivity index (χ4n) is 1.85. The second-order valence-electron chi connectivity index (χ2n) is 3.76. The van der Waals surface area contributed by atoms with Gasteiger partial charge in [-0.1, -0.05) is 0 Å². The lowest BCUT2D eigenvalue weighted by atomic mass is 10.3. The summed E-state index contributed by atoms with van der Waals surface area (Å²) in [6.07, 6.45) is 1.55. The molecule has 1 N–H and O–H groups in total. The third kappa shape index (κ3) is 1.65. The lowest BCUT2D eigenvalue weighted by molar-refractivity contribution is 0.493. The van der Waals surface area contributed by atoms with Gasteiger partial charge in [-0.15, -0.1) is 0 Å². The van der Waals surface area contributed by atoms with Crippen LogP contribution in [0.1, 0.15) is 5.76 Å². The van der Waals surface area contributed by atoms with Gasteiger partial charge < -0.3 is 9.40 Å². The molecule has 4 nitrogen and oxygen atoms in total. The van der Waals surface area contributed by atoms with Crippen LogP contribution in [0.4, 0.5) is 4.39 Å². The van der Waals surface area contributed by atoms with Crippen molar-refractivity contribution in [2.75, 3.05) is 0 Å². The van der Waals surface area contributed by atoms with Gasteiger partial charge in [0.1, 0.15) is 11.6 Å². The van der Waals surface area contributed by atoms with Gasteiger partial charge in [0.15, 0.2) is 0 Å². The van der Waals surface area contributed by atoms with Crippen molar-refractivity contribution in [3.63, 3.8) is 0 Å². The van der Waals surface area contributed by atoms with Crippen LogP contribution < -0.4 is 5.69 Å². The number of imidazole rings is 1. The Labute approximate surface area is 95.3 Å². The first-order chi connectivity index (χ1) is 8.24. The van der Waals surface area contributed by atoms with Gasteiger partial charge in [-0.2, -0.15) is 0 Å². The van der Waals surface area contributed by atoms with Crippen LogP contribution in [0.15, 0.2) is 45.8 Å². The molecule has 0 aliphatic carbocycles. The SMILES string of the molecule is O=c1[nH]c2cc(F)ccc2n1Cc1ccco1. The fraction of sp³-hybridized carbons (Fsp3) is 0.0833. The predicted molar refractivity (Wildman–Crippen MR) is 60.3 cm³/mol. The van der Waals surface area contributed by atoms with Crippen LogP contribution in [0.5, 0.6) is 0 Å². The quantitative estimate of drug-likeness (QED) is 0.735. The number of hydrogen-bond acceptors (Lipinski definition) is 2. The summed E-state index contributed by atoms with van der Waals surface area (Å²) in [6, 6.07) is 7.75. The van der Waals surface area contributed by atoms with Crippen molar-refractivity contribution in [1.82, 2.24) is 9.55 Å². The van der Waals surface area contributed by atoms with E-state index < -0.39 is 0 Å². The highest BCUT2D eigenvalue weighted by molar-refractivity contribution is 5.75. The maximum atomic E-state index is 13.0. The van der Waals surface area contributed by atoms with Crippen LogP contribution in [-0.2, 0) is 6.54 Å². The Balaban J connectivity index is 2.16. The third-order valence-corrected chi connectivity index (χ3v) is 2.63. The molecular formula is C12H9FN2O2. The minimum atomic E-state index is -0.371. The molecule has 0 bridgehead atoms. The molecule has 0 aliphatic heterocycles. The van der Waals surface area contributed by atoms with Crippen molar-refractivity contribution in [3.05, 3.63) is 58.7 Å². The summed E-state index contributed by atoms with van der Waals surface area (Å²) in [6.45, 7) is 0.331. The van der Waals surface area contributed by atoms with Gasteiger partial charge in [-0.05, 0) is 30.3 Å². The maximum absolute atomic E-state index is 13.0. The second-order valence-corrected chi connectivity index (χ2v) is 3.76. The molecule has 0 fully saturated rings. The molecule has 3 rings (SSSR count). The third-order valence-electron chi connectivity index (χ3n) is 2.63. The average Bonchev–Trinajstić information content (AvgIpc) is 2.88. The molecule has 2 heterocycles. The van der Waals surface area contributed by atoms with E-state index in [1.54, 1.807) is 24.5 Å². The van der Waals surface area contributed by atoms with Crippen LogP contribution in [0, 0.1) is 5.82 Å². The number of hydrogen-bond donors (Lipinski definition) is 1. The van der Waals surface area contributed by atoms with Crippen LogP contribution >= 0.6 is 0 Å². The summed E-state index contributed by atoms with van der Waals surface area (Å²) < 4.78 is 19.7. The van der Waals surface area contributed by atoms with E-state index in [0.29, 0.717) is 23.3 Å². The number of aromatic amines is 1. The largest absolute Gasteiger partial charge is 0.467 e. The maximum Gasteiger partial charge on any atom is 0.326 e. The number of benzene rings is 1. The van der Waals surface area contributed by atoms with Crippen molar-refractivity contribution in [1.29, 1.82) is 0 Å². The van der Waals surface area contributed by atoms with Crippen molar-refractivity contribution in [2.24, 2.45) is 0 Å². The van der Waals surface area contributed by atoms with Crippen LogP contribution in [0.3, 0.4) is 0 Å². The number of H-pyrrole nitrogens is 1. The van der Waals surface area contributed by atoms with Crippen molar-refractivity contribution >= 4 is 11.0 Å². The number of aromatic nitrogens is 2. The number of rotatable bonds is 2. The van der Waals surface area contributed by atoms with Gasteiger partial charge in [0.25, 0.3) is 0 Å². The summed E-state index contributed by atoms with van der Waals surface area (Å²) in [4.78, 5) is 14.3. The molecule has 2 aromatic heterocycles. The standard InChI is InChI=1S/C12H9FN2O2/c13-8-3-4-11-10(6-8)14-12(16)15(11)7-9-2-1-5-17-9/h1-6H,7H2,(H,14,16). The van der Waals surface area contributed by atoms with Crippen LogP contribution in [-0.4, -0.2) is 9.55 Å². The van der Waals surface area contributed by atoms with E-state index in [1.165, 1.54) is 16.7 Å². The molecule has 1 aromatic carbocycles. The van der Waals surface area contributed by atoms with Gasteiger partial charge in [0, 0.05) is 0 Å². The van der Waals surface area contributed by atoms with Crippen molar-refractivity contribution < 1.29 is 8.81 Å². The molecule has 0 atom stereocenters. The highest BCUT2D eigenvalue weighted by atomic mass is 19.1. The van der Waals surface area contributed by atoms with Gasteiger partial charge in [-0.3, -0.25) is 4.57 Å². The van der Waals surface area contributed by atoms with E-state index in [2.05, 4.69) is 4.98 Å². The van der Waals surface area contributed by atoms with Gasteiger partial charge >= 0.3 is 5.69 Å². The van der Waals surface area contributed by atoms with Gasteiger partial charge in [0.05, 0.1) is 23.8 Å². The van der Waals surface area contributed by atoms with E-state index in [-0.39, 0.29) is 11.5 Å². The molecule has 0 radical (unpaired) electrons. The Bertz CT molecular complexity index is 710. The zero-order valence-corrected chi connectivity index (χ0v) is 8.81. The number of fused-ring (bicyclic) bond motifs is 1. The van der Waals surface area contributed by atoms with Crippen LogP contribution in [0.25, 0.3) is 11.0 Å². The van der Waals surface area contributed by atoms with E-state index in [4.69, 9.17) is 4.42 Å². The lowest BCUT2D eigenvalue weighted by Crippen LogP contribution is -2.16. The molecule has 86 valence electrons. The summed E-state index contributed by atoms with van der Waals surface area (Å²) in [5.41, 5.74) is 0.872. The fourth-order valence-corrected chi connectivity index (χ4v) is 1.85. The molecular weight excluding hydrogens is 223 g/mol. The molecule has 0 spiro atoms. The molecule has 0 saturated carbocycles. The van der Waals surface area contributed by atoms with Crippen molar-refractivity contribution in [2.45, 2.75) is 6.54 Å². The normalized spacial score (nSPS) is 11.1.